The van der Waals surface area contributed by atoms with Gasteiger partial charge in [0.05, 0.1) is 7.11 Å². The van der Waals surface area contributed by atoms with Gasteiger partial charge in [0.15, 0.2) is 0 Å². The molecule has 0 radical (unpaired) electrons. The van der Waals surface area contributed by atoms with E-state index in [1.165, 1.54) is 4.90 Å². The first-order valence-corrected chi connectivity index (χ1v) is 11.2. The van der Waals surface area contributed by atoms with Crippen LogP contribution in [0, 0.1) is 0 Å². The number of carbonyl (C=O) groups is 3. The molecule has 0 bridgehead atoms. The van der Waals surface area contributed by atoms with Crippen molar-refractivity contribution in [3.05, 3.63) is 59.7 Å². The molecule has 33 heavy (non-hydrogen) atoms. The summed E-state index contributed by atoms with van der Waals surface area (Å²) in [7, 11) is 1.57. The summed E-state index contributed by atoms with van der Waals surface area (Å²) in [6.45, 7) is 4.28. The molecule has 2 aromatic carbocycles. The van der Waals surface area contributed by atoms with Crippen molar-refractivity contribution in [2.45, 2.75) is 51.8 Å². The third-order valence-corrected chi connectivity index (χ3v) is 5.56. The number of rotatable bonds is 9. The highest BCUT2D eigenvalue weighted by Crippen LogP contribution is 2.35. The van der Waals surface area contributed by atoms with Crippen molar-refractivity contribution in [2.75, 3.05) is 18.6 Å². The molecule has 1 aliphatic heterocycles. The SMILES string of the molecule is CCCCNC(=O)[C@@H]1Cc2cc(OC)ccc2N1C(=O)[C@H](C)NC(=O)OCc1ccccc1. The molecule has 2 aromatic rings. The normalized spacial score (nSPS) is 15.4. The first-order chi connectivity index (χ1) is 15.9. The van der Waals surface area contributed by atoms with Crippen LogP contribution in [-0.2, 0) is 27.4 Å². The molecule has 0 saturated heterocycles. The Morgan fingerprint density at radius 2 is 1.91 bits per heavy atom. The summed E-state index contributed by atoms with van der Waals surface area (Å²) < 4.78 is 10.5. The summed E-state index contributed by atoms with van der Waals surface area (Å²) in [5.41, 5.74) is 2.33. The standard InChI is InChI=1S/C25H31N3O5/c1-4-5-13-26-23(29)22-15-19-14-20(32-3)11-12-21(19)28(22)24(30)17(2)27-25(31)33-16-18-9-7-6-8-10-18/h6-12,14,17,22H,4-5,13,15-16H2,1-3H3,(H,26,29)(H,27,31)/t17-,22-/m0/s1. The van der Waals surface area contributed by atoms with Crippen LogP contribution in [0.15, 0.2) is 48.5 Å². The van der Waals surface area contributed by atoms with Crippen LogP contribution in [0.3, 0.4) is 0 Å². The van der Waals surface area contributed by atoms with Gasteiger partial charge in [-0.3, -0.25) is 14.5 Å². The van der Waals surface area contributed by atoms with E-state index in [0.717, 1.165) is 24.0 Å². The Hall–Kier alpha value is -3.55. The van der Waals surface area contributed by atoms with Crippen LogP contribution in [0.4, 0.5) is 10.5 Å². The predicted molar refractivity (Wildman–Crippen MR) is 125 cm³/mol. The molecule has 1 aliphatic rings. The molecular weight excluding hydrogens is 422 g/mol. The molecule has 2 atom stereocenters. The molecule has 0 aliphatic carbocycles. The van der Waals surface area contributed by atoms with Gasteiger partial charge in [0, 0.05) is 18.7 Å². The van der Waals surface area contributed by atoms with Gasteiger partial charge in [0.1, 0.15) is 24.4 Å². The molecule has 0 fully saturated rings. The summed E-state index contributed by atoms with van der Waals surface area (Å²) in [6, 6.07) is 13.1. The molecular formula is C25H31N3O5. The van der Waals surface area contributed by atoms with E-state index in [4.69, 9.17) is 9.47 Å². The van der Waals surface area contributed by atoms with E-state index >= 15 is 0 Å². The number of amides is 3. The largest absolute Gasteiger partial charge is 0.497 e. The Balaban J connectivity index is 1.71. The molecule has 176 valence electrons. The van der Waals surface area contributed by atoms with E-state index in [1.54, 1.807) is 26.2 Å². The molecule has 3 rings (SSSR count). The Kier molecular flexibility index (Phi) is 8.29. The topological polar surface area (TPSA) is 97.0 Å². The average molecular weight is 454 g/mol. The fraction of sp³-hybridized carbons (Fsp3) is 0.400. The van der Waals surface area contributed by atoms with Crippen LogP contribution >= 0.6 is 0 Å². The van der Waals surface area contributed by atoms with Crippen LogP contribution in [-0.4, -0.2) is 43.6 Å². The molecule has 1 heterocycles. The second-order valence-electron chi connectivity index (χ2n) is 8.00. The maximum absolute atomic E-state index is 13.4. The van der Waals surface area contributed by atoms with Crippen molar-refractivity contribution >= 4 is 23.6 Å². The second-order valence-corrected chi connectivity index (χ2v) is 8.00. The third-order valence-electron chi connectivity index (χ3n) is 5.56. The van der Waals surface area contributed by atoms with E-state index in [0.29, 0.717) is 24.4 Å². The van der Waals surface area contributed by atoms with Crippen LogP contribution in [0.5, 0.6) is 5.75 Å². The van der Waals surface area contributed by atoms with Crippen LogP contribution in [0.2, 0.25) is 0 Å². The number of ether oxygens (including phenoxy) is 2. The highest BCUT2D eigenvalue weighted by Gasteiger charge is 2.40. The van der Waals surface area contributed by atoms with Crippen LogP contribution in [0.25, 0.3) is 0 Å². The van der Waals surface area contributed by atoms with Gasteiger partial charge in [0.25, 0.3) is 0 Å². The monoisotopic (exact) mass is 453 g/mol. The summed E-state index contributed by atoms with van der Waals surface area (Å²) in [5, 5.41) is 5.50. The molecule has 8 nitrogen and oxygen atoms in total. The lowest BCUT2D eigenvalue weighted by Gasteiger charge is -2.28. The Morgan fingerprint density at radius 3 is 2.61 bits per heavy atom. The van der Waals surface area contributed by atoms with Gasteiger partial charge in [-0.05, 0) is 42.7 Å². The molecule has 8 heteroatoms. The number of methoxy groups -OCH3 is 1. The van der Waals surface area contributed by atoms with Crippen molar-refractivity contribution in [3.8, 4) is 5.75 Å². The van der Waals surface area contributed by atoms with Gasteiger partial charge < -0.3 is 20.1 Å². The van der Waals surface area contributed by atoms with Crippen LogP contribution < -0.4 is 20.3 Å². The maximum Gasteiger partial charge on any atom is 0.408 e. The fourth-order valence-electron chi connectivity index (χ4n) is 3.76. The number of anilines is 1. The minimum Gasteiger partial charge on any atom is -0.497 e. The molecule has 0 saturated carbocycles. The van der Waals surface area contributed by atoms with Gasteiger partial charge in [-0.15, -0.1) is 0 Å². The highest BCUT2D eigenvalue weighted by molar-refractivity contribution is 6.06. The number of benzene rings is 2. The molecule has 0 spiro atoms. The number of hydrogen-bond donors (Lipinski definition) is 2. The molecule has 3 amide bonds. The van der Waals surface area contributed by atoms with Crippen molar-refractivity contribution in [3.63, 3.8) is 0 Å². The first kappa shape index (κ1) is 24.1. The average Bonchev–Trinajstić information content (AvgIpc) is 3.21. The van der Waals surface area contributed by atoms with E-state index < -0.39 is 18.2 Å². The van der Waals surface area contributed by atoms with Gasteiger partial charge in [-0.2, -0.15) is 0 Å². The lowest BCUT2D eigenvalue weighted by atomic mass is 10.1. The minimum absolute atomic E-state index is 0.0996. The summed E-state index contributed by atoms with van der Waals surface area (Å²) in [5.74, 6) is 0.0564. The predicted octanol–water partition coefficient (Wildman–Crippen LogP) is 3.18. The Morgan fingerprint density at radius 1 is 1.15 bits per heavy atom. The van der Waals surface area contributed by atoms with Crippen molar-refractivity contribution in [1.29, 1.82) is 0 Å². The Labute approximate surface area is 194 Å². The smallest absolute Gasteiger partial charge is 0.408 e. The lowest BCUT2D eigenvalue weighted by Crippen LogP contribution is -2.54. The fourth-order valence-corrected chi connectivity index (χ4v) is 3.76. The second kappa shape index (κ2) is 11.4. The molecule has 0 aromatic heterocycles. The van der Waals surface area contributed by atoms with E-state index in [2.05, 4.69) is 10.6 Å². The van der Waals surface area contributed by atoms with E-state index in [1.807, 2.05) is 43.3 Å². The number of alkyl carbamates (subject to hydrolysis) is 1. The first-order valence-electron chi connectivity index (χ1n) is 11.2. The maximum atomic E-state index is 13.4. The van der Waals surface area contributed by atoms with Crippen molar-refractivity contribution < 1.29 is 23.9 Å². The summed E-state index contributed by atoms with van der Waals surface area (Å²) >= 11 is 0. The summed E-state index contributed by atoms with van der Waals surface area (Å²) in [4.78, 5) is 40.0. The molecule has 2 N–H and O–H groups in total. The minimum atomic E-state index is -0.882. The van der Waals surface area contributed by atoms with Gasteiger partial charge in [-0.25, -0.2) is 4.79 Å². The quantitative estimate of drug-likeness (QED) is 0.569. The van der Waals surface area contributed by atoms with Gasteiger partial charge in [0.2, 0.25) is 11.8 Å². The highest BCUT2D eigenvalue weighted by atomic mass is 16.5. The van der Waals surface area contributed by atoms with Gasteiger partial charge >= 0.3 is 6.09 Å². The Bertz CT molecular complexity index is 979. The number of nitrogens with zero attached hydrogens (tertiary/aromatic N) is 1. The number of carbonyl (C=O) groups excluding carboxylic acids is 3. The van der Waals surface area contributed by atoms with Crippen molar-refractivity contribution in [1.82, 2.24) is 10.6 Å². The lowest BCUT2D eigenvalue weighted by molar-refractivity contribution is -0.126. The summed E-state index contributed by atoms with van der Waals surface area (Å²) in [6.07, 6.45) is 1.49. The number of nitrogens with one attached hydrogen (secondary N) is 2. The zero-order valence-corrected chi connectivity index (χ0v) is 19.3. The zero-order chi connectivity index (χ0) is 23.8. The molecule has 0 unspecified atom stereocenters. The third kappa shape index (κ3) is 6.03. The van der Waals surface area contributed by atoms with E-state index in [9.17, 15) is 14.4 Å². The zero-order valence-electron chi connectivity index (χ0n) is 19.3. The van der Waals surface area contributed by atoms with E-state index in [-0.39, 0.29) is 18.4 Å². The number of unbranched alkanes of at least 4 members (excludes halogenated alkanes) is 1. The van der Waals surface area contributed by atoms with Gasteiger partial charge in [-0.1, -0.05) is 43.7 Å². The number of hydrogen-bond acceptors (Lipinski definition) is 5. The van der Waals surface area contributed by atoms with Crippen LogP contribution in [0.1, 0.15) is 37.8 Å². The number of fused-ring (bicyclic) bond motifs is 1. The van der Waals surface area contributed by atoms with Crippen molar-refractivity contribution in [2.24, 2.45) is 0 Å².